The fraction of sp³-hybridized carbons (Fsp3) is 0.865. The second-order valence-corrected chi connectivity index (χ2v) is 17.7. The molecule has 0 unspecified atom stereocenters. The number of hydrogen-bond acceptors (Lipinski definition) is 7. The van der Waals surface area contributed by atoms with E-state index in [-0.39, 0.29) is 23.5 Å². The molecule has 14 heteroatoms. The van der Waals surface area contributed by atoms with Crippen LogP contribution in [-0.2, 0) is 29.2 Å². The van der Waals surface area contributed by atoms with Crippen molar-refractivity contribution in [1.29, 1.82) is 0 Å². The number of rotatable bonds is 10. The maximum absolute atomic E-state index is 14.5. The molecule has 4 N–H and O–H groups in total. The van der Waals surface area contributed by atoms with Crippen LogP contribution in [-0.4, -0.2) is 103 Å². The van der Waals surface area contributed by atoms with Gasteiger partial charge in [0.25, 0.3) is 5.91 Å². The quantitative estimate of drug-likeness (QED) is 0.247. The van der Waals surface area contributed by atoms with Crippen molar-refractivity contribution < 1.29 is 32.4 Å². The summed E-state index contributed by atoms with van der Waals surface area (Å²) in [7, 11) is -3.58. The van der Waals surface area contributed by atoms with Gasteiger partial charge in [-0.1, -0.05) is 85.0 Å². The van der Waals surface area contributed by atoms with Gasteiger partial charge >= 0.3 is 6.03 Å². The maximum atomic E-state index is 14.5. The summed E-state index contributed by atoms with van der Waals surface area (Å²) >= 11 is 0. The van der Waals surface area contributed by atoms with E-state index in [0.29, 0.717) is 77.5 Å². The minimum Gasteiger partial charge on any atom is -0.349 e. The molecule has 0 aromatic carbocycles. The Balaban J connectivity index is 1.56. The summed E-state index contributed by atoms with van der Waals surface area (Å²) in [5, 5.41) is 11.5. The average molecular weight is 737 g/mol. The molecular weight excluding hydrogens is 673 g/mol. The van der Waals surface area contributed by atoms with E-state index in [2.05, 4.69) is 21.3 Å². The van der Waals surface area contributed by atoms with Crippen LogP contribution in [0.2, 0.25) is 0 Å². The molecule has 4 atom stereocenters. The van der Waals surface area contributed by atoms with Crippen molar-refractivity contribution >= 4 is 39.6 Å². The first kappa shape index (κ1) is 41.0. The van der Waals surface area contributed by atoms with Crippen LogP contribution in [0.15, 0.2) is 0 Å². The first-order chi connectivity index (χ1) is 24.4. The highest BCUT2D eigenvalue weighted by Gasteiger charge is 2.46. The summed E-state index contributed by atoms with van der Waals surface area (Å²) in [6.45, 7) is 7.62. The van der Waals surface area contributed by atoms with Crippen molar-refractivity contribution in [3.8, 4) is 0 Å². The number of amides is 5. The first-order valence-corrected chi connectivity index (χ1v) is 21.5. The van der Waals surface area contributed by atoms with E-state index < -0.39 is 57.3 Å². The van der Waals surface area contributed by atoms with Crippen LogP contribution < -0.4 is 21.3 Å². The van der Waals surface area contributed by atoms with Crippen LogP contribution in [0.3, 0.4) is 0 Å². The number of fused-ring (bicyclic) bond motifs is 1. The second-order valence-electron chi connectivity index (χ2n) is 15.8. The van der Waals surface area contributed by atoms with Crippen molar-refractivity contribution in [2.24, 2.45) is 11.8 Å². The van der Waals surface area contributed by atoms with Crippen molar-refractivity contribution in [1.82, 2.24) is 30.5 Å². The zero-order valence-electron chi connectivity index (χ0n) is 31.3. The monoisotopic (exact) mass is 736 g/mol. The lowest BCUT2D eigenvalue weighted by atomic mass is 9.83. The number of nitrogens with one attached hydrogen (secondary N) is 4. The minimum absolute atomic E-state index is 0.0598. The molecule has 0 spiro atoms. The van der Waals surface area contributed by atoms with Crippen molar-refractivity contribution in [2.75, 3.05) is 31.9 Å². The number of hydrogen-bond donors (Lipinski definition) is 4. The van der Waals surface area contributed by atoms with Crippen molar-refractivity contribution in [3.63, 3.8) is 0 Å². The number of Topliss-reactive ketones (excluding diaryl/α,β-unsaturated/α-hetero) is 1. The predicted octanol–water partition coefficient (Wildman–Crippen LogP) is 3.76. The average Bonchev–Trinajstić information content (AvgIpc) is 3.80. The number of carbonyl (C=O) groups excluding carboxylic acids is 5. The molecule has 51 heavy (non-hydrogen) atoms. The number of sulfonamides is 1. The van der Waals surface area contributed by atoms with E-state index in [0.717, 1.165) is 64.2 Å². The predicted molar refractivity (Wildman–Crippen MR) is 196 cm³/mol. The smallest absolute Gasteiger partial charge is 0.315 e. The fourth-order valence-corrected chi connectivity index (χ4v) is 10.6. The van der Waals surface area contributed by atoms with Gasteiger partial charge in [0.2, 0.25) is 27.6 Å². The van der Waals surface area contributed by atoms with E-state index in [9.17, 15) is 32.4 Å². The Hall–Kier alpha value is -2.74. The molecular formula is C37H64N6O7S. The molecule has 0 radical (unpaired) electrons. The van der Waals surface area contributed by atoms with Gasteiger partial charge in [0, 0.05) is 26.2 Å². The summed E-state index contributed by atoms with van der Waals surface area (Å²) in [4.78, 5) is 70.0. The highest BCUT2D eigenvalue weighted by molar-refractivity contribution is 7.89. The third-order valence-electron chi connectivity index (χ3n) is 11.4. The highest BCUT2D eigenvalue weighted by Crippen LogP contribution is 2.33. The van der Waals surface area contributed by atoms with Gasteiger partial charge in [-0.25, -0.2) is 17.5 Å². The summed E-state index contributed by atoms with van der Waals surface area (Å²) in [5.74, 6) is -2.47. The molecule has 290 valence electrons. The van der Waals surface area contributed by atoms with Crippen molar-refractivity contribution in [2.45, 2.75) is 160 Å². The third kappa shape index (κ3) is 11.4. The van der Waals surface area contributed by atoms with Crippen LogP contribution in [0, 0.1) is 11.8 Å². The fourth-order valence-electron chi connectivity index (χ4n) is 8.52. The van der Waals surface area contributed by atoms with Crippen LogP contribution >= 0.6 is 0 Å². The first-order valence-electron chi connectivity index (χ1n) is 19.9. The summed E-state index contributed by atoms with van der Waals surface area (Å²) < 4.78 is 28.4. The standard InChI is InChI=1S/C37H64N6O7S/c1-4-22-38-34(46)32(44)29-17-11-8-6-5-7-9-12-18-30(35(47)43-25-19-28(27(2)3)31(43)33(45)39-29)40-36(48)41-37(20-13-10-14-21-37)26-51(49,50)42-23-15-16-24-42/h27-31H,4-26H2,1-3H3,(H,38,46)(H,39,45)(H2,40,41,48)/t28-,29+,30+,31+/m1/s1. The van der Waals surface area contributed by atoms with Gasteiger partial charge in [-0.3, -0.25) is 19.2 Å². The molecule has 0 aromatic rings. The highest BCUT2D eigenvalue weighted by atomic mass is 32.2. The molecule has 0 bridgehead atoms. The van der Waals surface area contributed by atoms with Gasteiger partial charge in [-0.2, -0.15) is 0 Å². The normalized spacial score (nSPS) is 27.4. The maximum Gasteiger partial charge on any atom is 0.315 e. The topological polar surface area (TPSA) is 174 Å². The zero-order chi connectivity index (χ0) is 37.0. The van der Waals surface area contributed by atoms with Crippen LogP contribution in [0.25, 0.3) is 0 Å². The van der Waals surface area contributed by atoms with Gasteiger partial charge in [-0.05, 0) is 63.2 Å². The van der Waals surface area contributed by atoms with Crippen LogP contribution in [0.5, 0.6) is 0 Å². The van der Waals surface area contributed by atoms with E-state index in [1.54, 1.807) is 4.90 Å². The Morgan fingerprint density at radius 2 is 1.45 bits per heavy atom. The lowest BCUT2D eigenvalue weighted by Crippen LogP contribution is -2.61. The minimum atomic E-state index is -3.58. The van der Waals surface area contributed by atoms with Crippen LogP contribution in [0.4, 0.5) is 4.79 Å². The summed E-state index contributed by atoms with van der Waals surface area (Å²) in [5.41, 5.74) is -0.922. The Morgan fingerprint density at radius 3 is 2.08 bits per heavy atom. The molecule has 1 saturated carbocycles. The van der Waals surface area contributed by atoms with Gasteiger partial charge in [0.05, 0.1) is 17.3 Å². The Morgan fingerprint density at radius 1 is 0.843 bits per heavy atom. The summed E-state index contributed by atoms with van der Waals surface area (Å²) in [6.07, 6.45) is 13.4. The number of ketones is 1. The van der Waals surface area contributed by atoms with Crippen LogP contribution in [0.1, 0.15) is 136 Å². The van der Waals surface area contributed by atoms with E-state index in [1.807, 2.05) is 20.8 Å². The third-order valence-corrected chi connectivity index (χ3v) is 13.5. The lowest BCUT2D eigenvalue weighted by molar-refractivity contribution is -0.143. The van der Waals surface area contributed by atoms with Gasteiger partial charge in [-0.15, -0.1) is 0 Å². The number of carbonyl (C=O) groups is 5. The Kier molecular flexibility index (Phi) is 15.6. The van der Waals surface area contributed by atoms with E-state index in [1.165, 1.54) is 4.31 Å². The molecule has 4 aliphatic rings. The van der Waals surface area contributed by atoms with E-state index in [4.69, 9.17) is 0 Å². The molecule has 4 fully saturated rings. The molecule has 1 aliphatic carbocycles. The molecule has 13 nitrogen and oxygen atoms in total. The molecule has 3 heterocycles. The summed E-state index contributed by atoms with van der Waals surface area (Å²) in [6, 6.07) is -3.32. The van der Waals surface area contributed by atoms with Gasteiger partial charge in [0.15, 0.2) is 0 Å². The Bertz CT molecular complexity index is 1310. The van der Waals surface area contributed by atoms with E-state index >= 15 is 0 Å². The second kappa shape index (κ2) is 19.4. The molecule has 3 aliphatic heterocycles. The van der Waals surface area contributed by atoms with Gasteiger partial charge < -0.3 is 26.2 Å². The molecule has 3 saturated heterocycles. The largest absolute Gasteiger partial charge is 0.349 e. The van der Waals surface area contributed by atoms with Crippen molar-refractivity contribution in [3.05, 3.63) is 0 Å². The molecule has 4 rings (SSSR count). The molecule has 0 aromatic heterocycles. The zero-order valence-corrected chi connectivity index (χ0v) is 32.1. The lowest BCUT2D eigenvalue weighted by Gasteiger charge is -2.39. The SMILES string of the molecule is CCCNC(=O)C(=O)[C@@H]1CCCCCCCCC[C@H](NC(=O)NC2(CS(=O)(=O)N3CCCC3)CCCCC2)C(=O)N2CC[C@H](C(C)C)[C@H]2C(=O)N1. The number of urea groups is 1. The molecule has 5 amide bonds. The number of nitrogens with zero attached hydrogens (tertiary/aromatic N) is 2. The Labute approximate surface area is 305 Å². The van der Waals surface area contributed by atoms with Gasteiger partial charge in [0.1, 0.15) is 12.1 Å².